The van der Waals surface area contributed by atoms with Gasteiger partial charge in [0, 0.05) is 17.8 Å². The van der Waals surface area contributed by atoms with Crippen LogP contribution in [0.1, 0.15) is 53.3 Å². The van der Waals surface area contributed by atoms with Gasteiger partial charge in [0.1, 0.15) is 11.9 Å². The molecule has 7 nitrogen and oxygen atoms in total. The molecule has 176 valence electrons. The minimum Gasteiger partial charge on any atom is -0.545 e. The summed E-state index contributed by atoms with van der Waals surface area (Å²) in [5.74, 6) is 0.714. The van der Waals surface area contributed by atoms with Gasteiger partial charge in [-0.05, 0) is 43.2 Å². The molecule has 0 bridgehead atoms. The second-order valence-corrected chi connectivity index (χ2v) is 21.0. The fraction of sp³-hybridized carbons (Fsp3) is 0.727. The van der Waals surface area contributed by atoms with Crippen LogP contribution in [0.3, 0.4) is 0 Å². The maximum Gasteiger partial charge on any atom is 0.330 e. The van der Waals surface area contributed by atoms with Gasteiger partial charge >= 0.3 is 5.69 Å². The number of H-pyrrole nitrogens is 1. The zero-order chi connectivity index (χ0) is 24.0. The van der Waals surface area contributed by atoms with Gasteiger partial charge in [-0.3, -0.25) is 14.3 Å². The van der Waals surface area contributed by atoms with Crippen LogP contribution in [0.5, 0.6) is 0 Å². The zero-order valence-corrected chi connectivity index (χ0v) is 23.0. The third-order valence-electron chi connectivity index (χ3n) is 6.93. The van der Waals surface area contributed by atoms with Crippen molar-refractivity contribution in [1.29, 1.82) is 0 Å². The number of nitrogens with one attached hydrogen (secondary N) is 1. The Morgan fingerprint density at radius 3 is 2.10 bits per heavy atom. The molecule has 0 aromatic carbocycles. The van der Waals surface area contributed by atoms with E-state index >= 15 is 0 Å². The first-order valence-electron chi connectivity index (χ1n) is 10.9. The highest BCUT2D eigenvalue weighted by Crippen LogP contribution is 2.41. The topological polar surface area (TPSA) is 82.6 Å². The lowest BCUT2D eigenvalue weighted by atomic mass is 10.2. The van der Waals surface area contributed by atoms with Crippen molar-refractivity contribution in [3.8, 4) is 0 Å². The minimum atomic E-state index is -2.12. The van der Waals surface area contributed by atoms with Crippen LogP contribution < -0.4 is 11.2 Å². The van der Waals surface area contributed by atoms with Crippen molar-refractivity contribution in [3.63, 3.8) is 0 Å². The highest BCUT2D eigenvalue weighted by Gasteiger charge is 2.44. The van der Waals surface area contributed by atoms with Gasteiger partial charge in [0.15, 0.2) is 14.5 Å². The molecule has 1 aliphatic rings. The Morgan fingerprint density at radius 2 is 1.58 bits per heavy atom. The monoisotopic (exact) mass is 468 g/mol. The molecule has 0 fully saturated rings. The Hall–Kier alpha value is -1.43. The molecular formula is C22H40N2O5Si2. The van der Waals surface area contributed by atoms with E-state index in [1.54, 1.807) is 6.92 Å². The molecule has 1 aromatic rings. The smallest absolute Gasteiger partial charge is 0.330 e. The number of nitrogens with zero attached hydrogens (tertiary/aromatic N) is 1. The van der Waals surface area contributed by atoms with Gasteiger partial charge in [-0.25, -0.2) is 4.79 Å². The molecule has 1 aromatic heterocycles. The third kappa shape index (κ3) is 5.69. The Morgan fingerprint density at radius 1 is 1.03 bits per heavy atom. The molecule has 2 atom stereocenters. The summed E-state index contributed by atoms with van der Waals surface area (Å²) in [6, 6.07) is 0. The van der Waals surface area contributed by atoms with Crippen LogP contribution in [-0.2, 0) is 13.6 Å². The molecule has 0 saturated carbocycles. The number of aromatic amines is 1. The van der Waals surface area contributed by atoms with E-state index < -0.39 is 40.2 Å². The number of hydrogen-bond acceptors (Lipinski definition) is 5. The Bertz CT molecular complexity index is 948. The fourth-order valence-electron chi connectivity index (χ4n) is 2.61. The van der Waals surface area contributed by atoms with Crippen LogP contribution in [0.2, 0.25) is 36.3 Å². The lowest BCUT2D eigenvalue weighted by molar-refractivity contribution is -0.0216. The standard InChI is InChI=1S/C22H40N2O5Si2/c1-15-13-24(20(26)23-19(15)25)18-12-16(29-31(10,11)22(5,6)7)17(28-18)14-27-30(8,9)21(2,3)4/h12-13,17-18H,14H2,1-11H3,(H,23,25,26)/t17-,18-/m1/s1. The quantitative estimate of drug-likeness (QED) is 0.614. The van der Waals surface area contributed by atoms with Gasteiger partial charge in [-0.2, -0.15) is 0 Å². The predicted octanol–water partition coefficient (Wildman–Crippen LogP) is 4.67. The SMILES string of the molecule is Cc1cn([C@H]2C=C(O[Si](C)(C)C(C)(C)C)[C@@H](CO[Si](C)(C)C(C)(C)C)O2)c(=O)[nH]c1=O. The number of hydrogen-bond donors (Lipinski definition) is 1. The van der Waals surface area contributed by atoms with Gasteiger partial charge in [0.25, 0.3) is 5.56 Å². The lowest BCUT2D eigenvalue weighted by Crippen LogP contribution is -2.45. The molecule has 9 heteroatoms. The first kappa shape index (κ1) is 25.8. The van der Waals surface area contributed by atoms with Crippen molar-refractivity contribution < 1.29 is 13.6 Å². The van der Waals surface area contributed by atoms with E-state index in [4.69, 9.17) is 13.6 Å². The van der Waals surface area contributed by atoms with Crippen LogP contribution in [-0.4, -0.2) is 38.9 Å². The molecule has 1 aliphatic heterocycles. The lowest BCUT2D eigenvalue weighted by Gasteiger charge is -2.39. The minimum absolute atomic E-state index is 0.0160. The summed E-state index contributed by atoms with van der Waals surface area (Å²) >= 11 is 0. The molecular weight excluding hydrogens is 428 g/mol. The Kier molecular flexibility index (Phi) is 7.08. The van der Waals surface area contributed by atoms with Gasteiger partial charge < -0.3 is 13.6 Å². The van der Waals surface area contributed by atoms with E-state index in [0.29, 0.717) is 17.9 Å². The highest BCUT2D eigenvalue weighted by molar-refractivity contribution is 6.74. The maximum absolute atomic E-state index is 12.4. The zero-order valence-electron chi connectivity index (χ0n) is 21.0. The van der Waals surface area contributed by atoms with Crippen molar-refractivity contribution in [1.82, 2.24) is 9.55 Å². The van der Waals surface area contributed by atoms with E-state index in [-0.39, 0.29) is 10.1 Å². The Balaban J connectivity index is 2.38. The highest BCUT2D eigenvalue weighted by atomic mass is 28.4. The van der Waals surface area contributed by atoms with E-state index in [9.17, 15) is 9.59 Å². The molecule has 1 N–H and O–H groups in total. The molecule has 2 rings (SSSR count). The van der Waals surface area contributed by atoms with Crippen LogP contribution in [0.4, 0.5) is 0 Å². The van der Waals surface area contributed by atoms with E-state index in [0.717, 1.165) is 0 Å². The molecule has 0 aliphatic carbocycles. The average Bonchev–Trinajstić information content (AvgIpc) is 2.96. The van der Waals surface area contributed by atoms with Crippen LogP contribution in [0, 0.1) is 6.92 Å². The third-order valence-corrected chi connectivity index (χ3v) is 15.8. The summed E-state index contributed by atoms with van der Waals surface area (Å²) in [7, 11) is -4.12. The van der Waals surface area contributed by atoms with Gasteiger partial charge in [0.05, 0.1) is 6.61 Å². The molecule has 0 amide bonds. The summed E-state index contributed by atoms with van der Waals surface area (Å²) in [4.78, 5) is 26.6. The number of rotatable bonds is 6. The number of aromatic nitrogens is 2. The summed E-state index contributed by atoms with van der Waals surface area (Å²) in [5, 5.41) is 0.0876. The van der Waals surface area contributed by atoms with Crippen LogP contribution >= 0.6 is 0 Å². The number of aryl methyl sites for hydroxylation is 1. The molecule has 2 heterocycles. The first-order valence-corrected chi connectivity index (χ1v) is 16.7. The summed E-state index contributed by atoms with van der Waals surface area (Å²) in [6.07, 6.45) is 2.31. The average molecular weight is 469 g/mol. The molecule has 0 spiro atoms. The Labute approximate surface area is 188 Å². The second kappa shape index (κ2) is 8.49. The first-order chi connectivity index (χ1) is 13.9. The molecule has 31 heavy (non-hydrogen) atoms. The van der Waals surface area contributed by atoms with Crippen molar-refractivity contribution >= 4 is 16.6 Å². The van der Waals surface area contributed by atoms with Gasteiger partial charge in [-0.15, -0.1) is 0 Å². The van der Waals surface area contributed by atoms with Crippen LogP contribution in [0.15, 0.2) is 27.6 Å². The summed E-state index contributed by atoms with van der Waals surface area (Å²) in [6.45, 7) is 23.9. The van der Waals surface area contributed by atoms with Crippen molar-refractivity contribution in [2.45, 2.75) is 97.1 Å². The largest absolute Gasteiger partial charge is 0.545 e. The summed E-state index contributed by atoms with van der Waals surface area (Å²) < 4.78 is 20.7. The van der Waals surface area contributed by atoms with Crippen molar-refractivity contribution in [3.05, 3.63) is 44.4 Å². The van der Waals surface area contributed by atoms with Crippen LogP contribution in [0.25, 0.3) is 0 Å². The van der Waals surface area contributed by atoms with Crippen molar-refractivity contribution in [2.24, 2.45) is 0 Å². The predicted molar refractivity (Wildman–Crippen MR) is 129 cm³/mol. The second-order valence-electron chi connectivity index (χ2n) is 11.5. The molecule has 0 radical (unpaired) electrons. The van der Waals surface area contributed by atoms with Crippen molar-refractivity contribution in [2.75, 3.05) is 6.61 Å². The van der Waals surface area contributed by atoms with E-state index in [1.807, 2.05) is 6.08 Å². The maximum atomic E-state index is 12.4. The van der Waals surface area contributed by atoms with Gasteiger partial charge in [-0.1, -0.05) is 41.5 Å². The van der Waals surface area contributed by atoms with E-state index in [1.165, 1.54) is 10.8 Å². The fourth-order valence-corrected chi connectivity index (χ4v) is 4.71. The molecule has 0 saturated heterocycles. The summed E-state index contributed by atoms with van der Waals surface area (Å²) in [5.41, 5.74) is -0.447. The van der Waals surface area contributed by atoms with E-state index in [2.05, 4.69) is 72.7 Å². The number of ether oxygens (including phenoxy) is 1. The normalized spacial score (nSPS) is 20.7. The molecule has 0 unspecified atom stereocenters. The van der Waals surface area contributed by atoms with Gasteiger partial charge in [0.2, 0.25) is 8.32 Å².